The second-order valence-electron chi connectivity index (χ2n) is 10.2. The van der Waals surface area contributed by atoms with Crippen molar-refractivity contribution in [1.29, 1.82) is 0 Å². The Morgan fingerprint density at radius 2 is 1.43 bits per heavy atom. The minimum atomic E-state index is -2.75. The molecular weight excluding hydrogens is 446 g/mol. The lowest BCUT2D eigenvalue weighted by molar-refractivity contribution is 0.0772. The van der Waals surface area contributed by atoms with Crippen LogP contribution < -0.4 is 10.4 Å². The number of hydrogen-bond acceptors (Lipinski definition) is 2. The summed E-state index contributed by atoms with van der Waals surface area (Å²) >= 11 is 0. The molecule has 3 nitrogen and oxygen atoms in total. The molecule has 1 aliphatic rings. The van der Waals surface area contributed by atoms with E-state index in [-0.39, 0.29) is 10.9 Å². The lowest BCUT2D eigenvalue weighted by Crippen LogP contribution is -2.66. The van der Waals surface area contributed by atoms with Crippen LogP contribution in [0.1, 0.15) is 62.5 Å². The van der Waals surface area contributed by atoms with Crippen LogP contribution in [-0.2, 0) is 10.8 Å². The van der Waals surface area contributed by atoms with Crippen molar-refractivity contribution in [1.82, 2.24) is 4.90 Å². The zero-order valence-electron chi connectivity index (χ0n) is 21.7. The molecule has 0 N–H and O–H groups in total. The highest BCUT2D eigenvalue weighted by Crippen LogP contribution is 2.41. The molecule has 0 fully saturated rings. The third-order valence-electron chi connectivity index (χ3n) is 7.13. The van der Waals surface area contributed by atoms with E-state index in [0.29, 0.717) is 13.1 Å². The lowest BCUT2D eigenvalue weighted by Gasteiger charge is -2.44. The topological polar surface area (TPSA) is 29.5 Å². The van der Waals surface area contributed by atoms with Crippen LogP contribution in [0.5, 0.6) is 0 Å². The molecule has 4 rings (SSSR count). The highest BCUT2D eigenvalue weighted by molar-refractivity contribution is 7.00. The Kier molecular flexibility index (Phi) is 7.32. The van der Waals surface area contributed by atoms with Crippen molar-refractivity contribution in [2.24, 2.45) is 0 Å². The third kappa shape index (κ3) is 4.60. The van der Waals surface area contributed by atoms with Gasteiger partial charge in [0, 0.05) is 24.2 Å². The van der Waals surface area contributed by atoms with E-state index in [1.165, 1.54) is 10.4 Å². The number of rotatable bonds is 7. The Labute approximate surface area is 211 Å². The number of hydrogen-bond donors (Lipinski definition) is 0. The summed E-state index contributed by atoms with van der Waals surface area (Å²) < 4.78 is 7.37. The average molecular weight is 484 g/mol. The SMILES string of the molecule is CCN(CC)C(=O)c1cccc2c1CCC=C2O[Si](c1ccccc1)(c1ccccc1)C(C)(C)C. The van der Waals surface area contributed by atoms with Crippen LogP contribution in [0.25, 0.3) is 5.76 Å². The normalized spacial score (nSPS) is 13.6. The second-order valence-corrected chi connectivity index (χ2v) is 14.4. The molecule has 0 bridgehead atoms. The summed E-state index contributed by atoms with van der Waals surface area (Å²) in [6.07, 6.45) is 3.95. The number of carbonyl (C=O) groups excluding carboxylic acids is 1. The molecule has 0 aromatic heterocycles. The predicted octanol–water partition coefficient (Wildman–Crippen LogP) is 6.03. The standard InChI is InChI=1S/C31H37NO2Si/c1-6-32(7-2)30(33)28-22-14-21-27-26(28)20-15-23-29(27)34-35(31(3,4)5,24-16-10-8-11-17-24)25-18-12-9-13-19-25/h8-14,16-19,21-23H,6-7,15,20H2,1-5H3. The van der Waals surface area contributed by atoms with Gasteiger partial charge < -0.3 is 9.33 Å². The fourth-order valence-corrected chi connectivity index (χ4v) is 9.79. The maximum absolute atomic E-state index is 13.3. The first kappa shape index (κ1) is 25.0. The lowest BCUT2D eigenvalue weighted by atomic mass is 9.91. The van der Waals surface area contributed by atoms with Gasteiger partial charge in [0.25, 0.3) is 5.91 Å². The van der Waals surface area contributed by atoms with Gasteiger partial charge in [-0.25, -0.2) is 0 Å². The van der Waals surface area contributed by atoms with Crippen molar-refractivity contribution in [2.75, 3.05) is 13.1 Å². The van der Waals surface area contributed by atoms with Gasteiger partial charge in [-0.1, -0.05) is 93.6 Å². The molecule has 3 aromatic rings. The van der Waals surface area contributed by atoms with Gasteiger partial charge in [-0.2, -0.15) is 0 Å². The molecule has 0 saturated heterocycles. The second kappa shape index (κ2) is 10.2. The molecule has 35 heavy (non-hydrogen) atoms. The number of nitrogens with zero attached hydrogens (tertiary/aromatic N) is 1. The molecule has 4 heteroatoms. The Morgan fingerprint density at radius 1 is 0.857 bits per heavy atom. The summed E-state index contributed by atoms with van der Waals surface area (Å²) in [5, 5.41) is 2.38. The van der Waals surface area contributed by atoms with Crippen molar-refractivity contribution >= 4 is 30.4 Å². The van der Waals surface area contributed by atoms with Gasteiger partial charge in [-0.05, 0) is 59.8 Å². The summed E-state index contributed by atoms with van der Waals surface area (Å²) in [7, 11) is -2.75. The van der Waals surface area contributed by atoms with Crippen molar-refractivity contribution < 1.29 is 9.22 Å². The van der Waals surface area contributed by atoms with Crippen molar-refractivity contribution in [3.63, 3.8) is 0 Å². The van der Waals surface area contributed by atoms with Crippen molar-refractivity contribution in [3.8, 4) is 0 Å². The third-order valence-corrected chi connectivity index (χ3v) is 12.1. The van der Waals surface area contributed by atoms with Gasteiger partial charge in [-0.15, -0.1) is 0 Å². The van der Waals surface area contributed by atoms with E-state index in [2.05, 4.69) is 93.6 Å². The number of benzene rings is 3. The largest absolute Gasteiger partial charge is 0.534 e. The molecular formula is C31H37NO2Si. The first-order valence-electron chi connectivity index (χ1n) is 12.7. The van der Waals surface area contributed by atoms with E-state index in [0.717, 1.165) is 35.3 Å². The average Bonchev–Trinajstić information content (AvgIpc) is 2.88. The van der Waals surface area contributed by atoms with Gasteiger partial charge in [0.2, 0.25) is 0 Å². The first-order valence-corrected chi connectivity index (χ1v) is 14.7. The van der Waals surface area contributed by atoms with Crippen molar-refractivity contribution in [2.45, 2.75) is 52.5 Å². The van der Waals surface area contributed by atoms with E-state index in [1.54, 1.807) is 0 Å². The summed E-state index contributed by atoms with van der Waals surface area (Å²) in [4.78, 5) is 15.2. The molecule has 1 amide bonds. The van der Waals surface area contributed by atoms with Gasteiger partial charge in [-0.3, -0.25) is 4.79 Å². The molecule has 0 heterocycles. The van der Waals surface area contributed by atoms with Crippen LogP contribution in [0.3, 0.4) is 0 Å². The van der Waals surface area contributed by atoms with Crippen LogP contribution >= 0.6 is 0 Å². The van der Waals surface area contributed by atoms with Crippen LogP contribution in [0.4, 0.5) is 0 Å². The molecule has 3 aromatic carbocycles. The molecule has 182 valence electrons. The molecule has 0 aliphatic heterocycles. The number of carbonyl (C=O) groups is 1. The molecule has 0 radical (unpaired) electrons. The minimum absolute atomic E-state index is 0.110. The summed E-state index contributed by atoms with van der Waals surface area (Å²) in [5.41, 5.74) is 2.98. The van der Waals surface area contributed by atoms with Crippen LogP contribution in [0, 0.1) is 0 Å². The molecule has 1 aliphatic carbocycles. The van der Waals surface area contributed by atoms with Gasteiger partial charge in [0.15, 0.2) is 0 Å². The highest BCUT2D eigenvalue weighted by atomic mass is 28.4. The fraction of sp³-hybridized carbons (Fsp3) is 0.323. The quantitative estimate of drug-likeness (QED) is 0.384. The Morgan fingerprint density at radius 3 is 1.94 bits per heavy atom. The molecule has 0 spiro atoms. The zero-order chi connectivity index (χ0) is 25.1. The summed E-state index contributed by atoms with van der Waals surface area (Å²) in [5.74, 6) is 1.02. The predicted molar refractivity (Wildman–Crippen MR) is 149 cm³/mol. The summed E-state index contributed by atoms with van der Waals surface area (Å²) in [6, 6.07) is 27.5. The van der Waals surface area contributed by atoms with Gasteiger partial charge in [0.1, 0.15) is 5.76 Å². The van der Waals surface area contributed by atoms with E-state index >= 15 is 0 Å². The smallest absolute Gasteiger partial charge is 0.319 e. The van der Waals surface area contributed by atoms with Crippen LogP contribution in [0.2, 0.25) is 5.04 Å². The van der Waals surface area contributed by atoms with Crippen LogP contribution in [-0.4, -0.2) is 32.2 Å². The van der Waals surface area contributed by atoms with E-state index in [4.69, 9.17) is 4.43 Å². The summed E-state index contributed by atoms with van der Waals surface area (Å²) in [6.45, 7) is 12.4. The zero-order valence-corrected chi connectivity index (χ0v) is 22.7. The maximum Gasteiger partial charge on any atom is 0.319 e. The van der Waals surface area contributed by atoms with E-state index in [9.17, 15) is 4.79 Å². The number of allylic oxidation sites excluding steroid dienone is 1. The molecule has 0 saturated carbocycles. The maximum atomic E-state index is 13.3. The van der Waals surface area contributed by atoms with Crippen molar-refractivity contribution in [3.05, 3.63) is 102 Å². The monoisotopic (exact) mass is 483 g/mol. The first-order chi connectivity index (χ1) is 16.8. The molecule has 0 unspecified atom stereocenters. The van der Waals surface area contributed by atoms with E-state index < -0.39 is 8.32 Å². The Balaban J connectivity index is 1.87. The number of fused-ring (bicyclic) bond motifs is 1. The molecule has 0 atom stereocenters. The number of amides is 1. The fourth-order valence-electron chi connectivity index (χ4n) is 5.34. The Hall–Kier alpha value is -3.11. The van der Waals surface area contributed by atoms with Gasteiger partial charge >= 0.3 is 8.32 Å². The Bertz CT molecular complexity index is 1150. The highest BCUT2D eigenvalue weighted by Gasteiger charge is 2.52. The van der Waals surface area contributed by atoms with E-state index in [1.807, 2.05) is 30.9 Å². The van der Waals surface area contributed by atoms with Gasteiger partial charge in [0.05, 0.1) is 0 Å². The van der Waals surface area contributed by atoms with Crippen LogP contribution in [0.15, 0.2) is 84.9 Å². The minimum Gasteiger partial charge on any atom is -0.534 e.